The summed E-state index contributed by atoms with van der Waals surface area (Å²) in [5.74, 6) is 1.76. The maximum absolute atomic E-state index is 5.87. The molecule has 0 radical (unpaired) electrons. The fourth-order valence-corrected chi connectivity index (χ4v) is 4.95. The Morgan fingerprint density at radius 1 is 0.929 bits per heavy atom. The van der Waals surface area contributed by atoms with Gasteiger partial charge in [0.05, 0.1) is 0 Å². The summed E-state index contributed by atoms with van der Waals surface area (Å²) in [7, 11) is 0. The summed E-state index contributed by atoms with van der Waals surface area (Å²) in [4.78, 5) is 2.62. The van der Waals surface area contributed by atoms with Gasteiger partial charge >= 0.3 is 0 Å². The van der Waals surface area contributed by atoms with Crippen LogP contribution in [-0.2, 0) is 12.8 Å². The van der Waals surface area contributed by atoms with Crippen LogP contribution in [0.1, 0.15) is 36.8 Å². The zero-order valence-corrected chi connectivity index (χ0v) is 16.5. The van der Waals surface area contributed by atoms with Crippen molar-refractivity contribution in [3.05, 3.63) is 53.6 Å². The molecule has 5 rings (SSSR count). The van der Waals surface area contributed by atoms with Gasteiger partial charge in [0.2, 0.25) is 0 Å². The molecule has 0 spiro atoms. The zero-order chi connectivity index (χ0) is 18.8. The van der Waals surface area contributed by atoms with Gasteiger partial charge in [0.15, 0.2) is 11.5 Å². The molecule has 3 aliphatic rings. The summed E-state index contributed by atoms with van der Waals surface area (Å²) in [6.45, 7) is 3.53. The number of nitrogens with one attached hydrogen (secondary N) is 1. The van der Waals surface area contributed by atoms with Crippen molar-refractivity contribution in [3.63, 3.8) is 0 Å². The topological polar surface area (TPSA) is 33.7 Å². The average Bonchev–Trinajstić information content (AvgIpc) is 3.18. The molecular weight excluding hydrogens is 348 g/mol. The normalized spacial score (nSPS) is 21.4. The molecule has 1 fully saturated rings. The van der Waals surface area contributed by atoms with Crippen molar-refractivity contribution >= 4 is 5.69 Å². The fraction of sp³-hybridized carbons (Fsp3) is 0.500. The molecule has 4 nitrogen and oxygen atoms in total. The minimum absolute atomic E-state index is 0.517. The van der Waals surface area contributed by atoms with Crippen LogP contribution in [0, 0.1) is 0 Å². The van der Waals surface area contributed by atoms with E-state index in [1.807, 2.05) is 0 Å². The smallest absolute Gasteiger partial charge is 0.163 e. The predicted octanol–water partition coefficient (Wildman–Crippen LogP) is 3.96. The molecule has 2 aromatic carbocycles. The van der Waals surface area contributed by atoms with E-state index in [1.165, 1.54) is 49.0 Å². The van der Waals surface area contributed by atoms with E-state index in [-0.39, 0.29) is 0 Å². The lowest BCUT2D eigenvalue weighted by Crippen LogP contribution is -2.41. The first-order valence-corrected chi connectivity index (χ1v) is 10.8. The number of benzene rings is 2. The first-order valence-electron chi connectivity index (χ1n) is 10.8. The molecule has 4 heteroatoms. The van der Waals surface area contributed by atoms with Crippen LogP contribution in [0.25, 0.3) is 0 Å². The summed E-state index contributed by atoms with van der Waals surface area (Å²) in [5, 5.41) is 3.71. The molecular formula is C24H30N2O2. The lowest BCUT2D eigenvalue weighted by atomic mass is 10.0. The number of nitrogens with zero attached hydrogens (tertiary/aromatic N) is 1. The standard InChI is InChI=1S/C24H30N2O2/c1-2-6-19-16-22(15-18(19)5-1)26(12-10-20-7-3-4-11-25-20)21-8-9-23-24(17-21)28-14-13-27-23/h1-2,5-6,8-9,17,20,22,25H,3-4,7,10-16H2. The third-order valence-electron chi connectivity index (χ3n) is 6.46. The Morgan fingerprint density at radius 2 is 1.71 bits per heavy atom. The summed E-state index contributed by atoms with van der Waals surface area (Å²) in [5.41, 5.74) is 4.27. The number of hydrogen-bond donors (Lipinski definition) is 1. The van der Waals surface area contributed by atoms with Crippen molar-refractivity contribution in [3.8, 4) is 11.5 Å². The Balaban J connectivity index is 1.38. The van der Waals surface area contributed by atoms with E-state index in [0.29, 0.717) is 25.3 Å². The SMILES string of the molecule is c1ccc2c(c1)CC(N(CCC1CCCCN1)c1ccc3c(c1)OCCO3)C2. The maximum atomic E-state index is 5.87. The van der Waals surface area contributed by atoms with E-state index in [1.54, 1.807) is 0 Å². The highest BCUT2D eigenvalue weighted by atomic mass is 16.6. The largest absolute Gasteiger partial charge is 0.486 e. The van der Waals surface area contributed by atoms with Crippen LogP contribution in [0.2, 0.25) is 0 Å². The second-order valence-electron chi connectivity index (χ2n) is 8.29. The zero-order valence-electron chi connectivity index (χ0n) is 16.5. The molecule has 2 aromatic rings. The van der Waals surface area contributed by atoms with Crippen molar-refractivity contribution in [2.24, 2.45) is 0 Å². The quantitative estimate of drug-likeness (QED) is 0.854. The molecule has 0 saturated carbocycles. The molecule has 28 heavy (non-hydrogen) atoms. The summed E-state index contributed by atoms with van der Waals surface area (Å²) in [6.07, 6.45) is 7.43. The molecule has 2 aliphatic heterocycles. The van der Waals surface area contributed by atoms with Gasteiger partial charge in [-0.3, -0.25) is 0 Å². The van der Waals surface area contributed by atoms with Crippen LogP contribution < -0.4 is 19.7 Å². The Labute approximate surface area is 167 Å². The Kier molecular flexibility index (Phi) is 5.13. The van der Waals surface area contributed by atoms with Gasteiger partial charge in [0, 0.05) is 30.4 Å². The number of fused-ring (bicyclic) bond motifs is 2. The van der Waals surface area contributed by atoms with Crippen LogP contribution >= 0.6 is 0 Å². The van der Waals surface area contributed by atoms with Crippen molar-refractivity contribution in [1.29, 1.82) is 0 Å². The van der Waals surface area contributed by atoms with Crippen molar-refractivity contribution in [1.82, 2.24) is 5.32 Å². The number of rotatable bonds is 5. The second-order valence-corrected chi connectivity index (χ2v) is 8.29. The van der Waals surface area contributed by atoms with Crippen LogP contribution in [0.15, 0.2) is 42.5 Å². The Hall–Kier alpha value is -2.20. The lowest BCUT2D eigenvalue weighted by molar-refractivity contribution is 0.171. The first-order chi connectivity index (χ1) is 13.9. The molecule has 0 bridgehead atoms. The van der Waals surface area contributed by atoms with Gasteiger partial charge in [-0.15, -0.1) is 0 Å². The van der Waals surface area contributed by atoms with E-state index >= 15 is 0 Å². The van der Waals surface area contributed by atoms with E-state index in [0.717, 1.165) is 30.9 Å². The van der Waals surface area contributed by atoms with Gasteiger partial charge in [0.25, 0.3) is 0 Å². The number of ether oxygens (including phenoxy) is 2. The highest BCUT2D eigenvalue weighted by molar-refractivity contribution is 5.58. The van der Waals surface area contributed by atoms with Gasteiger partial charge in [-0.05, 0) is 61.9 Å². The molecule has 1 atom stereocenters. The van der Waals surface area contributed by atoms with E-state index in [4.69, 9.17) is 9.47 Å². The van der Waals surface area contributed by atoms with Crippen molar-refractivity contribution in [2.45, 2.75) is 50.6 Å². The molecule has 0 aromatic heterocycles. The van der Waals surface area contributed by atoms with Gasteiger partial charge in [-0.2, -0.15) is 0 Å². The van der Waals surface area contributed by atoms with Crippen LogP contribution in [0.5, 0.6) is 11.5 Å². The van der Waals surface area contributed by atoms with Gasteiger partial charge < -0.3 is 19.7 Å². The molecule has 0 amide bonds. The van der Waals surface area contributed by atoms with Crippen molar-refractivity contribution < 1.29 is 9.47 Å². The fourth-order valence-electron chi connectivity index (χ4n) is 4.95. The highest BCUT2D eigenvalue weighted by Gasteiger charge is 2.28. The predicted molar refractivity (Wildman–Crippen MR) is 113 cm³/mol. The summed E-state index contributed by atoms with van der Waals surface area (Å²) < 4.78 is 11.6. The summed E-state index contributed by atoms with van der Waals surface area (Å²) >= 11 is 0. The second kappa shape index (κ2) is 8.04. The maximum Gasteiger partial charge on any atom is 0.163 e. The van der Waals surface area contributed by atoms with Gasteiger partial charge in [-0.25, -0.2) is 0 Å². The van der Waals surface area contributed by atoms with E-state index < -0.39 is 0 Å². The van der Waals surface area contributed by atoms with E-state index in [2.05, 4.69) is 52.7 Å². The van der Waals surface area contributed by atoms with Crippen molar-refractivity contribution in [2.75, 3.05) is 31.2 Å². The molecule has 1 saturated heterocycles. The third kappa shape index (κ3) is 3.70. The number of hydrogen-bond acceptors (Lipinski definition) is 4. The first kappa shape index (κ1) is 17.9. The molecule has 148 valence electrons. The number of piperidine rings is 1. The summed E-state index contributed by atoms with van der Waals surface area (Å²) in [6, 6.07) is 16.6. The number of anilines is 1. The van der Waals surface area contributed by atoms with Gasteiger partial charge in [0.1, 0.15) is 13.2 Å². The minimum atomic E-state index is 0.517. The molecule has 1 aliphatic carbocycles. The highest BCUT2D eigenvalue weighted by Crippen LogP contribution is 2.36. The monoisotopic (exact) mass is 378 g/mol. The Bertz CT molecular complexity index is 791. The van der Waals surface area contributed by atoms with E-state index in [9.17, 15) is 0 Å². The molecule has 1 N–H and O–H groups in total. The lowest BCUT2D eigenvalue weighted by Gasteiger charge is -2.34. The van der Waals surface area contributed by atoms with Crippen LogP contribution in [0.4, 0.5) is 5.69 Å². The van der Waals surface area contributed by atoms with Gasteiger partial charge in [-0.1, -0.05) is 30.7 Å². The minimum Gasteiger partial charge on any atom is -0.486 e. The average molecular weight is 379 g/mol. The third-order valence-corrected chi connectivity index (χ3v) is 6.46. The van der Waals surface area contributed by atoms with Crippen LogP contribution in [-0.4, -0.2) is 38.4 Å². The molecule has 1 unspecified atom stereocenters. The molecule has 2 heterocycles. The Morgan fingerprint density at radius 3 is 2.46 bits per heavy atom. The van der Waals surface area contributed by atoms with Crippen LogP contribution in [0.3, 0.4) is 0 Å².